The summed E-state index contributed by atoms with van der Waals surface area (Å²) >= 11 is 0. The van der Waals surface area contributed by atoms with Crippen molar-refractivity contribution in [2.45, 2.75) is 59.4 Å². The Kier molecular flexibility index (Phi) is 6.28. The molecule has 0 spiro atoms. The molecular formula is C16H34N2O. The minimum absolute atomic E-state index is 0.188. The van der Waals surface area contributed by atoms with Crippen LogP contribution in [0.5, 0.6) is 0 Å². The Morgan fingerprint density at radius 2 is 1.95 bits per heavy atom. The molecule has 0 radical (unpaired) electrons. The van der Waals surface area contributed by atoms with Gasteiger partial charge in [0.25, 0.3) is 0 Å². The molecular weight excluding hydrogens is 236 g/mol. The van der Waals surface area contributed by atoms with Crippen LogP contribution in [0.25, 0.3) is 0 Å². The second kappa shape index (κ2) is 7.05. The highest BCUT2D eigenvalue weighted by molar-refractivity contribution is 4.86. The molecule has 1 aliphatic heterocycles. The van der Waals surface area contributed by atoms with Gasteiger partial charge in [0.05, 0.1) is 0 Å². The van der Waals surface area contributed by atoms with Gasteiger partial charge < -0.3 is 15.3 Å². The van der Waals surface area contributed by atoms with E-state index in [1.165, 1.54) is 12.8 Å². The lowest BCUT2D eigenvalue weighted by molar-refractivity contribution is 0.150. The van der Waals surface area contributed by atoms with Crippen molar-refractivity contribution >= 4 is 0 Å². The van der Waals surface area contributed by atoms with Crippen LogP contribution in [0.3, 0.4) is 0 Å². The van der Waals surface area contributed by atoms with Crippen LogP contribution < -0.4 is 5.32 Å². The minimum atomic E-state index is 0.188. The molecule has 0 aromatic carbocycles. The van der Waals surface area contributed by atoms with E-state index >= 15 is 0 Å². The van der Waals surface area contributed by atoms with Gasteiger partial charge >= 0.3 is 0 Å². The minimum Gasteiger partial charge on any atom is -0.396 e. The molecule has 2 N–H and O–H groups in total. The summed E-state index contributed by atoms with van der Waals surface area (Å²) in [4.78, 5) is 2.54. The zero-order chi connectivity index (χ0) is 14.5. The fourth-order valence-electron chi connectivity index (χ4n) is 3.05. The van der Waals surface area contributed by atoms with Crippen LogP contribution >= 0.6 is 0 Å². The third-order valence-electron chi connectivity index (χ3n) is 4.13. The summed E-state index contributed by atoms with van der Waals surface area (Å²) in [7, 11) is 0. The number of hydrogen-bond donors (Lipinski definition) is 2. The highest BCUT2D eigenvalue weighted by Gasteiger charge is 2.31. The van der Waals surface area contributed by atoms with E-state index in [0.717, 1.165) is 32.6 Å². The Labute approximate surface area is 119 Å². The van der Waals surface area contributed by atoms with Gasteiger partial charge in [0.2, 0.25) is 0 Å². The molecule has 1 fully saturated rings. The third-order valence-corrected chi connectivity index (χ3v) is 4.13. The maximum absolute atomic E-state index is 9.26. The molecule has 2 atom stereocenters. The molecule has 0 amide bonds. The van der Waals surface area contributed by atoms with Crippen LogP contribution in [0.1, 0.15) is 53.9 Å². The molecule has 0 aromatic rings. The number of nitrogens with one attached hydrogen (secondary N) is 1. The monoisotopic (exact) mass is 270 g/mol. The number of hydrogen-bond acceptors (Lipinski definition) is 3. The summed E-state index contributed by atoms with van der Waals surface area (Å²) in [5, 5.41) is 12.9. The molecule has 114 valence electrons. The largest absolute Gasteiger partial charge is 0.396 e. The van der Waals surface area contributed by atoms with E-state index in [-0.39, 0.29) is 5.54 Å². The van der Waals surface area contributed by atoms with Crippen LogP contribution in [-0.2, 0) is 0 Å². The fourth-order valence-corrected chi connectivity index (χ4v) is 3.05. The smallest absolute Gasteiger partial charge is 0.0471 e. The first-order valence-electron chi connectivity index (χ1n) is 7.86. The van der Waals surface area contributed by atoms with Crippen molar-refractivity contribution < 1.29 is 5.11 Å². The van der Waals surface area contributed by atoms with E-state index in [0.29, 0.717) is 17.9 Å². The highest BCUT2D eigenvalue weighted by atomic mass is 16.3. The zero-order valence-electron chi connectivity index (χ0n) is 13.6. The van der Waals surface area contributed by atoms with Gasteiger partial charge in [-0.3, -0.25) is 0 Å². The van der Waals surface area contributed by atoms with Gasteiger partial charge in [0.15, 0.2) is 0 Å². The zero-order valence-corrected chi connectivity index (χ0v) is 13.6. The van der Waals surface area contributed by atoms with E-state index in [1.54, 1.807) is 0 Å². The van der Waals surface area contributed by atoms with Crippen molar-refractivity contribution in [3.05, 3.63) is 0 Å². The first kappa shape index (κ1) is 16.9. The maximum atomic E-state index is 9.26. The fraction of sp³-hybridized carbons (Fsp3) is 1.00. The Hall–Kier alpha value is -0.120. The summed E-state index contributed by atoms with van der Waals surface area (Å²) in [6.07, 6.45) is 3.65. The van der Waals surface area contributed by atoms with E-state index in [4.69, 9.17) is 0 Å². The molecule has 1 heterocycles. The topological polar surface area (TPSA) is 35.5 Å². The van der Waals surface area contributed by atoms with Crippen LogP contribution in [0.15, 0.2) is 0 Å². The van der Waals surface area contributed by atoms with Gasteiger partial charge in [-0.1, -0.05) is 20.3 Å². The normalized spacial score (nSPS) is 24.6. The lowest BCUT2D eigenvalue weighted by atomic mass is 9.84. The van der Waals surface area contributed by atoms with Crippen LogP contribution in [0, 0.1) is 11.3 Å². The summed E-state index contributed by atoms with van der Waals surface area (Å²) in [6.45, 7) is 16.2. The molecule has 3 heteroatoms. The molecule has 2 unspecified atom stereocenters. The molecule has 1 rings (SSSR count). The van der Waals surface area contributed by atoms with Gasteiger partial charge in [-0.15, -0.1) is 0 Å². The Balaban J connectivity index is 2.51. The lowest BCUT2D eigenvalue weighted by Crippen LogP contribution is -2.47. The number of likely N-dealkylation sites (tertiary alicyclic amines) is 1. The Morgan fingerprint density at radius 3 is 2.42 bits per heavy atom. The lowest BCUT2D eigenvalue weighted by Gasteiger charge is -2.36. The SMILES string of the molecule is CCCC(C)(CNC(C)(C)C)CN1CCC(CO)C1. The third kappa shape index (κ3) is 6.24. The predicted octanol–water partition coefficient (Wildman–Crippen LogP) is 2.50. The van der Waals surface area contributed by atoms with Crippen molar-refractivity contribution in [2.24, 2.45) is 11.3 Å². The summed E-state index contributed by atoms with van der Waals surface area (Å²) < 4.78 is 0. The quantitative estimate of drug-likeness (QED) is 0.746. The van der Waals surface area contributed by atoms with Crippen LogP contribution in [0.4, 0.5) is 0 Å². The van der Waals surface area contributed by atoms with Crippen molar-refractivity contribution in [2.75, 3.05) is 32.8 Å². The number of aliphatic hydroxyl groups excluding tert-OH is 1. The average molecular weight is 270 g/mol. The summed E-state index contributed by atoms with van der Waals surface area (Å²) in [6, 6.07) is 0. The predicted molar refractivity (Wildman–Crippen MR) is 82.4 cm³/mol. The molecule has 3 nitrogen and oxygen atoms in total. The second-order valence-electron chi connectivity index (χ2n) is 7.74. The molecule has 1 saturated heterocycles. The van der Waals surface area contributed by atoms with Crippen molar-refractivity contribution in [1.29, 1.82) is 0 Å². The Morgan fingerprint density at radius 1 is 1.26 bits per heavy atom. The maximum Gasteiger partial charge on any atom is 0.0471 e. The summed E-state index contributed by atoms with van der Waals surface area (Å²) in [5.41, 5.74) is 0.528. The van der Waals surface area contributed by atoms with Gasteiger partial charge in [-0.2, -0.15) is 0 Å². The van der Waals surface area contributed by atoms with Crippen molar-refractivity contribution in [1.82, 2.24) is 10.2 Å². The Bertz CT molecular complexity index is 262. The molecule has 0 aromatic heterocycles. The molecule has 0 saturated carbocycles. The van der Waals surface area contributed by atoms with E-state index in [9.17, 15) is 5.11 Å². The number of rotatable bonds is 7. The van der Waals surface area contributed by atoms with Crippen LogP contribution in [-0.4, -0.2) is 48.3 Å². The number of nitrogens with zero attached hydrogens (tertiary/aromatic N) is 1. The standard InChI is InChI=1S/C16H34N2O/c1-6-8-16(5,12-17-15(2,3)4)13-18-9-7-14(10-18)11-19/h14,17,19H,6-13H2,1-5H3. The highest BCUT2D eigenvalue weighted by Crippen LogP contribution is 2.27. The average Bonchev–Trinajstić information content (AvgIpc) is 2.73. The van der Waals surface area contributed by atoms with Gasteiger partial charge in [-0.25, -0.2) is 0 Å². The first-order chi connectivity index (χ1) is 8.78. The van der Waals surface area contributed by atoms with E-state index in [2.05, 4.69) is 44.8 Å². The van der Waals surface area contributed by atoms with Crippen LogP contribution in [0.2, 0.25) is 0 Å². The number of aliphatic hydroxyl groups is 1. The first-order valence-corrected chi connectivity index (χ1v) is 7.86. The van der Waals surface area contributed by atoms with Crippen molar-refractivity contribution in [3.8, 4) is 0 Å². The van der Waals surface area contributed by atoms with Crippen molar-refractivity contribution in [3.63, 3.8) is 0 Å². The molecule has 1 aliphatic rings. The molecule has 0 bridgehead atoms. The van der Waals surface area contributed by atoms with E-state index < -0.39 is 0 Å². The van der Waals surface area contributed by atoms with Gasteiger partial charge in [0.1, 0.15) is 0 Å². The van der Waals surface area contributed by atoms with Gasteiger partial charge in [-0.05, 0) is 51.5 Å². The van der Waals surface area contributed by atoms with E-state index in [1.807, 2.05) is 0 Å². The molecule has 19 heavy (non-hydrogen) atoms. The van der Waals surface area contributed by atoms with Gasteiger partial charge in [0, 0.05) is 31.8 Å². The molecule has 0 aliphatic carbocycles. The second-order valence-corrected chi connectivity index (χ2v) is 7.74. The summed E-state index contributed by atoms with van der Waals surface area (Å²) in [5.74, 6) is 0.501.